The number of nitrogens with zero attached hydrogens (tertiary/aromatic N) is 2. The predicted molar refractivity (Wildman–Crippen MR) is 150 cm³/mol. The van der Waals surface area contributed by atoms with Crippen molar-refractivity contribution in [3.05, 3.63) is 93.7 Å². The van der Waals surface area contributed by atoms with E-state index in [-0.39, 0.29) is 37.3 Å². The summed E-state index contributed by atoms with van der Waals surface area (Å²) in [5.74, 6) is -1.94. The van der Waals surface area contributed by atoms with Gasteiger partial charge in [0, 0.05) is 37.2 Å². The normalized spacial score (nSPS) is 12.5. The van der Waals surface area contributed by atoms with Crippen LogP contribution in [0.4, 0.5) is 5.69 Å². The van der Waals surface area contributed by atoms with Gasteiger partial charge in [-0.2, -0.15) is 0 Å². The van der Waals surface area contributed by atoms with Crippen LogP contribution in [-0.2, 0) is 25.5 Å². The van der Waals surface area contributed by atoms with E-state index in [9.17, 15) is 24.0 Å². The largest absolute Gasteiger partial charge is 0.463 e. The van der Waals surface area contributed by atoms with E-state index < -0.39 is 41.3 Å². The second kappa shape index (κ2) is 14.4. The molecule has 2 atom stereocenters. The Bertz CT molecular complexity index is 1480. The summed E-state index contributed by atoms with van der Waals surface area (Å²) >= 11 is 0. The van der Waals surface area contributed by atoms with Gasteiger partial charge in [0.25, 0.3) is 11.5 Å². The summed E-state index contributed by atoms with van der Waals surface area (Å²) in [6.07, 6.45) is 4.27. The van der Waals surface area contributed by atoms with E-state index in [0.717, 1.165) is 5.56 Å². The minimum atomic E-state index is -1.05. The standard InChI is InChI=1S/C29H33N5O7/c1-4-40-25(36)13-11-21(10-12-24(30)35)31-28(38)23(17-20-8-6-5-7-9-20)34-15-14-18(2)26(29(34)39)32-27(37)22-16-19(3)41-33-22/h5-9,11,13-16,21,23H,4,10,12,17H2,1-3H3,(H2,30,35)(H,31,38)(H,32,37)/b13-11+/t21-,23-/m0/s1. The number of hydrogen-bond acceptors (Lipinski definition) is 8. The van der Waals surface area contributed by atoms with Crippen molar-refractivity contribution < 1.29 is 28.4 Å². The molecule has 2 aromatic heterocycles. The van der Waals surface area contributed by atoms with Crippen LogP contribution in [0, 0.1) is 13.8 Å². The quantitative estimate of drug-likeness (QED) is 0.210. The number of anilines is 1. The number of hydrogen-bond donors (Lipinski definition) is 3. The van der Waals surface area contributed by atoms with E-state index in [4.69, 9.17) is 15.0 Å². The lowest BCUT2D eigenvalue weighted by atomic mass is 10.0. The molecule has 3 rings (SSSR count). The molecule has 41 heavy (non-hydrogen) atoms. The molecule has 12 nitrogen and oxygen atoms in total. The van der Waals surface area contributed by atoms with Crippen LogP contribution in [0.3, 0.4) is 0 Å². The molecule has 4 N–H and O–H groups in total. The summed E-state index contributed by atoms with van der Waals surface area (Å²) in [4.78, 5) is 63.4. The van der Waals surface area contributed by atoms with E-state index >= 15 is 0 Å². The number of carbonyl (C=O) groups excluding carboxylic acids is 4. The van der Waals surface area contributed by atoms with Gasteiger partial charge in [0.2, 0.25) is 11.8 Å². The van der Waals surface area contributed by atoms with Gasteiger partial charge in [-0.3, -0.25) is 19.2 Å². The number of carbonyl (C=O) groups is 4. The zero-order chi connectivity index (χ0) is 29.9. The van der Waals surface area contributed by atoms with Crippen LogP contribution < -0.4 is 21.9 Å². The molecular weight excluding hydrogens is 530 g/mol. The van der Waals surface area contributed by atoms with Crippen molar-refractivity contribution in [2.45, 2.75) is 52.1 Å². The number of aryl methyl sites for hydroxylation is 2. The van der Waals surface area contributed by atoms with Crippen molar-refractivity contribution in [1.82, 2.24) is 15.0 Å². The Balaban J connectivity index is 1.97. The molecule has 0 saturated heterocycles. The van der Waals surface area contributed by atoms with Crippen molar-refractivity contribution in [3.63, 3.8) is 0 Å². The summed E-state index contributed by atoms with van der Waals surface area (Å²) in [6.45, 7) is 5.12. The molecule has 0 aliphatic carbocycles. The second-order valence-corrected chi connectivity index (χ2v) is 9.30. The van der Waals surface area contributed by atoms with Crippen LogP contribution in [0.2, 0.25) is 0 Å². The molecule has 0 radical (unpaired) electrons. The average molecular weight is 564 g/mol. The number of rotatable bonds is 13. The maximum atomic E-state index is 13.7. The average Bonchev–Trinajstić information content (AvgIpc) is 3.38. The molecule has 1 aromatic carbocycles. The first-order valence-electron chi connectivity index (χ1n) is 13.0. The van der Waals surface area contributed by atoms with E-state index in [1.165, 1.54) is 29.0 Å². The van der Waals surface area contributed by atoms with Crippen LogP contribution in [-0.4, -0.2) is 46.1 Å². The van der Waals surface area contributed by atoms with Gasteiger partial charge in [0.05, 0.1) is 6.61 Å². The van der Waals surface area contributed by atoms with Crippen LogP contribution >= 0.6 is 0 Å². The fourth-order valence-electron chi connectivity index (χ4n) is 4.02. The smallest absolute Gasteiger partial charge is 0.330 e. The predicted octanol–water partition coefficient (Wildman–Crippen LogP) is 2.36. The molecule has 3 amide bonds. The Hall–Kier alpha value is -5.00. The number of benzene rings is 1. The SMILES string of the molecule is CCOC(=O)/C=C/[C@H](CCC(N)=O)NC(=O)[C@H](Cc1ccccc1)n1ccc(C)c(NC(=O)c2cc(C)on2)c1=O. The van der Waals surface area contributed by atoms with Crippen LogP contribution in [0.1, 0.15) is 53.2 Å². The highest BCUT2D eigenvalue weighted by atomic mass is 16.5. The van der Waals surface area contributed by atoms with Crippen molar-refractivity contribution in [1.29, 1.82) is 0 Å². The van der Waals surface area contributed by atoms with Crippen LogP contribution in [0.25, 0.3) is 0 Å². The second-order valence-electron chi connectivity index (χ2n) is 9.30. The number of amides is 3. The van der Waals surface area contributed by atoms with Crippen LogP contribution in [0.5, 0.6) is 0 Å². The van der Waals surface area contributed by atoms with Gasteiger partial charge in [0.1, 0.15) is 17.5 Å². The molecule has 0 spiro atoms. The first-order chi connectivity index (χ1) is 19.6. The van der Waals surface area contributed by atoms with Gasteiger partial charge in [-0.1, -0.05) is 41.6 Å². The van der Waals surface area contributed by atoms with Gasteiger partial charge in [-0.25, -0.2) is 4.79 Å². The summed E-state index contributed by atoms with van der Waals surface area (Å²) in [5.41, 5.74) is 5.94. The van der Waals surface area contributed by atoms with Crippen LogP contribution in [0.15, 0.2) is 70.1 Å². The molecule has 0 fully saturated rings. The van der Waals surface area contributed by atoms with Gasteiger partial charge in [-0.15, -0.1) is 0 Å². The lowest BCUT2D eigenvalue weighted by molar-refractivity contribution is -0.137. The minimum Gasteiger partial charge on any atom is -0.463 e. The monoisotopic (exact) mass is 563 g/mol. The Labute approximate surface area is 236 Å². The number of nitrogens with one attached hydrogen (secondary N) is 2. The number of nitrogens with two attached hydrogens (primary N) is 1. The van der Waals surface area contributed by atoms with Crippen molar-refractivity contribution >= 4 is 29.4 Å². The number of aromatic nitrogens is 2. The summed E-state index contributed by atoms with van der Waals surface area (Å²) in [6, 6.07) is 10.3. The molecular formula is C29H33N5O7. The minimum absolute atomic E-state index is 0.000890. The topological polar surface area (TPSA) is 176 Å². The molecule has 3 aromatic rings. The molecule has 0 aliphatic heterocycles. The molecule has 0 saturated carbocycles. The zero-order valence-electron chi connectivity index (χ0n) is 23.1. The van der Waals surface area contributed by atoms with E-state index in [1.807, 2.05) is 30.3 Å². The summed E-state index contributed by atoms with van der Waals surface area (Å²) < 4.78 is 11.1. The summed E-state index contributed by atoms with van der Waals surface area (Å²) in [5, 5.41) is 9.08. The molecule has 0 bridgehead atoms. The number of esters is 1. The van der Waals surface area contributed by atoms with Crippen molar-refractivity contribution in [2.24, 2.45) is 5.73 Å². The molecule has 2 heterocycles. The molecule has 0 aliphatic rings. The number of pyridine rings is 1. The fourth-order valence-corrected chi connectivity index (χ4v) is 4.02. The third-order valence-electron chi connectivity index (χ3n) is 6.12. The highest BCUT2D eigenvalue weighted by Gasteiger charge is 2.26. The van der Waals surface area contributed by atoms with E-state index in [1.54, 1.807) is 26.8 Å². The Morgan fingerprint density at radius 2 is 1.88 bits per heavy atom. The van der Waals surface area contributed by atoms with Crippen molar-refractivity contribution in [3.8, 4) is 0 Å². The molecule has 216 valence electrons. The Kier molecular flexibility index (Phi) is 10.7. The zero-order valence-corrected chi connectivity index (χ0v) is 23.1. The first-order valence-corrected chi connectivity index (χ1v) is 13.0. The Morgan fingerprint density at radius 1 is 1.15 bits per heavy atom. The van der Waals surface area contributed by atoms with Gasteiger partial charge in [-0.05, 0) is 44.4 Å². The maximum Gasteiger partial charge on any atom is 0.330 e. The number of primary amides is 1. The third-order valence-corrected chi connectivity index (χ3v) is 6.12. The van der Waals surface area contributed by atoms with E-state index in [2.05, 4.69) is 15.8 Å². The molecule has 0 unspecified atom stereocenters. The maximum absolute atomic E-state index is 13.7. The Morgan fingerprint density at radius 3 is 2.51 bits per heavy atom. The van der Waals surface area contributed by atoms with Crippen molar-refractivity contribution in [2.75, 3.05) is 11.9 Å². The lowest BCUT2D eigenvalue weighted by Crippen LogP contribution is -2.43. The fraction of sp³-hybridized carbons (Fsp3) is 0.310. The van der Waals surface area contributed by atoms with Gasteiger partial charge < -0.3 is 30.2 Å². The lowest BCUT2D eigenvalue weighted by Gasteiger charge is -2.24. The first kappa shape index (κ1) is 30.5. The number of ether oxygens (including phenoxy) is 1. The highest BCUT2D eigenvalue weighted by molar-refractivity contribution is 6.03. The summed E-state index contributed by atoms with van der Waals surface area (Å²) in [7, 11) is 0. The molecule has 12 heteroatoms. The van der Waals surface area contributed by atoms with E-state index in [0.29, 0.717) is 11.3 Å². The highest BCUT2D eigenvalue weighted by Crippen LogP contribution is 2.18. The third kappa shape index (κ3) is 8.75. The van der Waals surface area contributed by atoms with Gasteiger partial charge in [0.15, 0.2) is 5.69 Å². The van der Waals surface area contributed by atoms with Gasteiger partial charge >= 0.3 is 5.97 Å².